The third kappa shape index (κ3) is 5.91. The second kappa shape index (κ2) is 10.6. The molecule has 3 fully saturated rings. The molecule has 1 heterocycles. The second-order valence-corrected chi connectivity index (χ2v) is 14.4. The molecule has 0 amide bonds. The zero-order valence-corrected chi connectivity index (χ0v) is 25.0. The van der Waals surface area contributed by atoms with Crippen molar-refractivity contribution >= 4 is 0 Å². The van der Waals surface area contributed by atoms with E-state index in [1.807, 2.05) is 0 Å². The molecule has 0 aromatic carbocycles. The molecule has 0 radical (unpaired) electrons. The Morgan fingerprint density at radius 3 is 2.14 bits per heavy atom. The Kier molecular flexibility index (Phi) is 8.53. The Bertz CT molecular complexity index is 851. The number of likely N-dealkylation sites (tertiary alicyclic amines) is 1. The quantitative estimate of drug-likeness (QED) is 0.267. The summed E-state index contributed by atoms with van der Waals surface area (Å²) in [5.41, 5.74) is 4.58. The normalized spacial score (nSPS) is 28.0. The molecule has 2 saturated carbocycles. The van der Waals surface area contributed by atoms with Crippen LogP contribution in [-0.4, -0.2) is 29.6 Å². The minimum absolute atomic E-state index is 0.132. The highest BCUT2D eigenvalue weighted by Crippen LogP contribution is 2.66. The summed E-state index contributed by atoms with van der Waals surface area (Å²) in [6.45, 7) is 37.8. The van der Waals surface area contributed by atoms with Gasteiger partial charge in [-0.3, -0.25) is 0 Å². The van der Waals surface area contributed by atoms with Gasteiger partial charge in [0.1, 0.15) is 0 Å². The standard InChI is InChI=1S/C33H57N3/c1-13-23(4)17-18-27(31(7,8)9)34-25(6)35-30(33(12)19-15-14-16-20-33)24(5)36-21-26-28(32(26,10)11)29(36)22(2)3/h26-30,34-35H,2,4-6,13-21H2,1,3,7-12H3/t26-,27?,28-,29?,30?/m0/s1. The van der Waals surface area contributed by atoms with Crippen molar-refractivity contribution in [2.24, 2.45) is 28.1 Å². The summed E-state index contributed by atoms with van der Waals surface area (Å²) in [6.07, 6.45) is 9.59. The zero-order valence-electron chi connectivity index (χ0n) is 25.0. The van der Waals surface area contributed by atoms with Crippen molar-refractivity contribution in [2.45, 2.75) is 125 Å². The number of fused-ring (bicyclic) bond motifs is 1. The topological polar surface area (TPSA) is 27.3 Å². The maximum absolute atomic E-state index is 4.79. The minimum Gasteiger partial charge on any atom is -0.369 e. The lowest BCUT2D eigenvalue weighted by atomic mass is 9.69. The second-order valence-electron chi connectivity index (χ2n) is 14.4. The fraction of sp³-hybridized carbons (Fsp3) is 0.758. The molecule has 2 aliphatic carbocycles. The first-order valence-electron chi connectivity index (χ1n) is 14.6. The van der Waals surface area contributed by atoms with Gasteiger partial charge in [0, 0.05) is 18.3 Å². The maximum atomic E-state index is 4.79. The Labute approximate surface area is 224 Å². The summed E-state index contributed by atoms with van der Waals surface area (Å²) in [5.74, 6) is 2.38. The first kappa shape index (κ1) is 28.9. The summed E-state index contributed by atoms with van der Waals surface area (Å²) in [5, 5.41) is 7.73. The van der Waals surface area contributed by atoms with Crippen molar-refractivity contribution in [2.75, 3.05) is 6.54 Å². The molecule has 3 aliphatic rings. The molecular formula is C33H57N3. The van der Waals surface area contributed by atoms with Gasteiger partial charge in [0.25, 0.3) is 0 Å². The summed E-state index contributed by atoms with van der Waals surface area (Å²) in [4.78, 5) is 2.61. The summed E-state index contributed by atoms with van der Waals surface area (Å²) in [6, 6.07) is 0.904. The van der Waals surface area contributed by atoms with Gasteiger partial charge < -0.3 is 15.5 Å². The molecule has 3 nitrogen and oxygen atoms in total. The number of allylic oxidation sites excluding steroid dienone is 1. The highest BCUT2D eigenvalue weighted by molar-refractivity contribution is 5.30. The fourth-order valence-electron chi connectivity index (χ4n) is 7.30. The molecule has 3 heteroatoms. The Hall–Kier alpha value is -1.64. The average molecular weight is 496 g/mol. The molecule has 1 aliphatic heterocycles. The molecule has 0 bridgehead atoms. The lowest BCUT2D eigenvalue weighted by Crippen LogP contribution is -2.54. The molecule has 204 valence electrons. The van der Waals surface area contributed by atoms with Crippen molar-refractivity contribution in [1.82, 2.24) is 15.5 Å². The number of nitrogens with one attached hydrogen (secondary N) is 2. The van der Waals surface area contributed by atoms with Gasteiger partial charge in [-0.15, -0.1) is 0 Å². The first-order valence-corrected chi connectivity index (χ1v) is 14.6. The van der Waals surface area contributed by atoms with Crippen molar-refractivity contribution in [3.05, 3.63) is 49.0 Å². The molecule has 2 N–H and O–H groups in total. The van der Waals surface area contributed by atoms with E-state index in [9.17, 15) is 0 Å². The first-order chi connectivity index (χ1) is 16.6. The Morgan fingerprint density at radius 2 is 1.61 bits per heavy atom. The number of hydrogen-bond acceptors (Lipinski definition) is 3. The Morgan fingerprint density at radius 1 is 1.00 bits per heavy atom. The molecule has 0 spiro atoms. The van der Waals surface area contributed by atoms with Gasteiger partial charge in [0.05, 0.1) is 17.9 Å². The minimum atomic E-state index is 0.132. The van der Waals surface area contributed by atoms with E-state index in [0.29, 0.717) is 23.4 Å². The predicted octanol–water partition coefficient (Wildman–Crippen LogP) is 8.18. The third-order valence-corrected chi connectivity index (χ3v) is 10.1. The van der Waals surface area contributed by atoms with E-state index in [1.54, 1.807) is 0 Å². The van der Waals surface area contributed by atoms with Crippen LogP contribution in [-0.2, 0) is 0 Å². The van der Waals surface area contributed by atoms with Crippen LogP contribution in [0, 0.1) is 28.1 Å². The molecule has 5 atom stereocenters. The largest absolute Gasteiger partial charge is 0.369 e. The average Bonchev–Trinajstić information content (AvgIpc) is 3.12. The van der Waals surface area contributed by atoms with Gasteiger partial charge in [-0.05, 0) is 67.1 Å². The smallest absolute Gasteiger partial charge is 0.0920 e. The van der Waals surface area contributed by atoms with Crippen LogP contribution >= 0.6 is 0 Å². The highest BCUT2D eigenvalue weighted by Gasteiger charge is 2.67. The van der Waals surface area contributed by atoms with Gasteiger partial charge in [-0.1, -0.05) is 105 Å². The van der Waals surface area contributed by atoms with Crippen LogP contribution in [0.2, 0.25) is 0 Å². The van der Waals surface area contributed by atoms with Crippen LogP contribution in [0.4, 0.5) is 0 Å². The molecule has 36 heavy (non-hydrogen) atoms. The van der Waals surface area contributed by atoms with Crippen molar-refractivity contribution < 1.29 is 0 Å². The van der Waals surface area contributed by atoms with Crippen molar-refractivity contribution in [3.63, 3.8) is 0 Å². The van der Waals surface area contributed by atoms with Crippen molar-refractivity contribution in [1.29, 1.82) is 0 Å². The molecule has 3 rings (SSSR count). The van der Waals surface area contributed by atoms with Crippen molar-refractivity contribution in [3.8, 4) is 0 Å². The van der Waals surface area contributed by atoms with E-state index in [1.165, 1.54) is 48.9 Å². The Balaban J connectivity index is 1.80. The summed E-state index contributed by atoms with van der Waals surface area (Å²) in [7, 11) is 0. The van der Waals surface area contributed by atoms with Crippen LogP contribution < -0.4 is 10.6 Å². The fourth-order valence-corrected chi connectivity index (χ4v) is 7.30. The molecular weight excluding hydrogens is 438 g/mol. The maximum Gasteiger partial charge on any atom is 0.0920 e. The lowest BCUT2D eigenvalue weighted by molar-refractivity contribution is 0.132. The van der Waals surface area contributed by atoms with Gasteiger partial charge >= 0.3 is 0 Å². The SMILES string of the molecule is C=C(CC)CCC(NC(=C)NC(C(=C)N1C[C@H]2[C@@H](C1C(=C)C)C2(C)C)C1(C)CCCCC1)C(C)(C)C. The van der Waals surface area contributed by atoms with E-state index in [2.05, 4.69) is 90.7 Å². The highest BCUT2D eigenvalue weighted by atomic mass is 15.3. The van der Waals surface area contributed by atoms with E-state index < -0.39 is 0 Å². The number of hydrogen-bond donors (Lipinski definition) is 2. The predicted molar refractivity (Wildman–Crippen MR) is 158 cm³/mol. The number of piperidine rings is 1. The van der Waals surface area contributed by atoms with E-state index >= 15 is 0 Å². The van der Waals surface area contributed by atoms with Gasteiger partial charge in [0.2, 0.25) is 0 Å². The van der Waals surface area contributed by atoms with Gasteiger partial charge in [-0.25, -0.2) is 0 Å². The zero-order chi connectivity index (χ0) is 27.1. The van der Waals surface area contributed by atoms with Crippen LogP contribution in [0.5, 0.6) is 0 Å². The molecule has 3 unspecified atom stereocenters. The summed E-state index contributed by atoms with van der Waals surface area (Å²) < 4.78 is 0. The number of rotatable bonds is 12. The number of nitrogens with zero attached hydrogens (tertiary/aromatic N) is 1. The van der Waals surface area contributed by atoms with Crippen LogP contribution in [0.15, 0.2) is 49.0 Å². The van der Waals surface area contributed by atoms with Crippen LogP contribution in [0.1, 0.15) is 107 Å². The summed E-state index contributed by atoms with van der Waals surface area (Å²) >= 11 is 0. The van der Waals surface area contributed by atoms with E-state index in [0.717, 1.165) is 37.5 Å². The third-order valence-electron chi connectivity index (χ3n) is 10.1. The lowest BCUT2D eigenvalue weighted by Gasteiger charge is -2.47. The monoisotopic (exact) mass is 495 g/mol. The molecule has 0 aromatic heterocycles. The van der Waals surface area contributed by atoms with Gasteiger partial charge in [-0.2, -0.15) is 0 Å². The van der Waals surface area contributed by atoms with E-state index in [-0.39, 0.29) is 16.9 Å². The molecule has 0 aromatic rings. The van der Waals surface area contributed by atoms with Crippen LogP contribution in [0.25, 0.3) is 0 Å². The molecule has 1 saturated heterocycles. The van der Waals surface area contributed by atoms with E-state index in [4.69, 9.17) is 6.58 Å². The van der Waals surface area contributed by atoms with Gasteiger partial charge in [0.15, 0.2) is 0 Å². The van der Waals surface area contributed by atoms with Crippen LogP contribution in [0.3, 0.4) is 0 Å².